The van der Waals surface area contributed by atoms with Crippen molar-refractivity contribution in [2.45, 2.75) is 69.5 Å². The first-order chi connectivity index (χ1) is 20.5. The first kappa shape index (κ1) is 26.2. The van der Waals surface area contributed by atoms with E-state index in [1.165, 1.54) is 18.9 Å². The van der Waals surface area contributed by atoms with Crippen LogP contribution in [0.15, 0.2) is 36.5 Å². The third kappa shape index (κ3) is 4.15. The number of rotatable bonds is 6. The normalized spacial score (nSPS) is 23.3. The van der Waals surface area contributed by atoms with Crippen LogP contribution in [0.2, 0.25) is 0 Å². The van der Waals surface area contributed by atoms with E-state index in [2.05, 4.69) is 20.1 Å². The molecule has 1 N–H and O–H groups in total. The van der Waals surface area contributed by atoms with Gasteiger partial charge in [0, 0.05) is 36.9 Å². The second-order valence-electron chi connectivity index (χ2n) is 12.5. The monoisotopic (exact) mass is 570 g/mol. The molecule has 2 aromatic heterocycles. The number of hydrogen-bond donors (Lipinski definition) is 1. The predicted molar refractivity (Wildman–Crippen MR) is 160 cm³/mol. The minimum absolute atomic E-state index is 0.0260. The van der Waals surface area contributed by atoms with Gasteiger partial charge in [-0.1, -0.05) is 31.2 Å². The Balaban J connectivity index is 1.26. The third-order valence-corrected chi connectivity index (χ3v) is 10.1. The first-order valence-electron chi connectivity index (χ1n) is 15.5. The molecule has 0 aliphatic carbocycles. The number of nitrogens with zero attached hydrogens (tertiary/aromatic N) is 5. The van der Waals surface area contributed by atoms with Gasteiger partial charge in [-0.3, -0.25) is 9.88 Å². The van der Waals surface area contributed by atoms with Crippen LogP contribution in [0.25, 0.3) is 32.9 Å². The van der Waals surface area contributed by atoms with E-state index < -0.39 is 5.82 Å². The molecule has 0 spiro atoms. The number of piperazine rings is 1. The minimum Gasteiger partial charge on any atom is -0.461 e. The number of anilines is 1. The van der Waals surface area contributed by atoms with Gasteiger partial charge in [-0.15, -0.1) is 0 Å². The minimum atomic E-state index is -0.528. The molecule has 4 aliphatic rings. The number of pyridine rings is 1. The topological polar surface area (TPSA) is 66.4 Å². The quantitative estimate of drug-likeness (QED) is 0.322. The zero-order valence-electron chi connectivity index (χ0n) is 24.0. The maximum atomic E-state index is 16.7. The molecule has 218 valence electrons. The zero-order chi connectivity index (χ0) is 28.4. The average Bonchev–Trinajstić information content (AvgIpc) is 3.69. The SMILES string of the molecule is CCc1c(F)ccc2cccc(-c3ncc4c(N5C[C@H]6CC[C@@H](C5)N6)nc(OCC56CCCN5CCC6)nc4c3F)c12. The lowest BCUT2D eigenvalue weighted by atomic mass is 9.95. The highest BCUT2D eigenvalue weighted by molar-refractivity contribution is 6.00. The van der Waals surface area contributed by atoms with E-state index in [9.17, 15) is 4.39 Å². The summed E-state index contributed by atoms with van der Waals surface area (Å²) < 4.78 is 38.0. The van der Waals surface area contributed by atoms with E-state index in [-0.39, 0.29) is 28.6 Å². The summed E-state index contributed by atoms with van der Waals surface area (Å²) in [7, 11) is 0. The number of benzene rings is 2. The van der Waals surface area contributed by atoms with Gasteiger partial charge in [0.15, 0.2) is 5.82 Å². The van der Waals surface area contributed by atoms with E-state index >= 15 is 4.39 Å². The smallest absolute Gasteiger partial charge is 0.319 e. The van der Waals surface area contributed by atoms with Crippen LogP contribution in [0.3, 0.4) is 0 Å². The fraction of sp³-hybridized carbons (Fsp3) is 0.485. The molecule has 4 fully saturated rings. The molecule has 4 aromatic rings. The van der Waals surface area contributed by atoms with Gasteiger partial charge in [-0.25, -0.2) is 8.78 Å². The molecule has 6 heterocycles. The molecule has 7 nitrogen and oxygen atoms in total. The molecule has 0 radical (unpaired) electrons. The molecule has 4 saturated heterocycles. The third-order valence-electron chi connectivity index (χ3n) is 10.1. The highest BCUT2D eigenvalue weighted by atomic mass is 19.1. The Kier molecular flexibility index (Phi) is 6.30. The van der Waals surface area contributed by atoms with Crippen molar-refractivity contribution in [3.63, 3.8) is 0 Å². The largest absolute Gasteiger partial charge is 0.461 e. The Hall–Kier alpha value is -3.43. The van der Waals surface area contributed by atoms with Crippen LogP contribution in [0.4, 0.5) is 14.6 Å². The van der Waals surface area contributed by atoms with Crippen LogP contribution >= 0.6 is 0 Å². The Bertz CT molecular complexity index is 1670. The number of halogens is 2. The van der Waals surface area contributed by atoms with Crippen molar-refractivity contribution >= 4 is 27.5 Å². The number of nitrogens with one attached hydrogen (secondary N) is 1. The summed E-state index contributed by atoms with van der Waals surface area (Å²) in [6.45, 7) is 6.22. The van der Waals surface area contributed by atoms with Crippen molar-refractivity contribution < 1.29 is 13.5 Å². The molecule has 4 aliphatic heterocycles. The van der Waals surface area contributed by atoms with Crippen molar-refractivity contribution in [1.29, 1.82) is 0 Å². The first-order valence-corrected chi connectivity index (χ1v) is 15.5. The fourth-order valence-corrected chi connectivity index (χ4v) is 8.12. The number of fused-ring (bicyclic) bond motifs is 5. The Morgan fingerprint density at radius 3 is 2.57 bits per heavy atom. The van der Waals surface area contributed by atoms with Crippen molar-refractivity contribution in [1.82, 2.24) is 25.2 Å². The second-order valence-corrected chi connectivity index (χ2v) is 12.5. The van der Waals surface area contributed by atoms with E-state index in [4.69, 9.17) is 14.7 Å². The highest BCUT2D eigenvalue weighted by Crippen LogP contribution is 2.40. The van der Waals surface area contributed by atoms with Gasteiger partial charge in [0.25, 0.3) is 0 Å². The van der Waals surface area contributed by atoms with Gasteiger partial charge in [-0.05, 0) is 80.4 Å². The van der Waals surface area contributed by atoms with Crippen LogP contribution in [0.5, 0.6) is 6.01 Å². The summed E-state index contributed by atoms with van der Waals surface area (Å²) in [6.07, 6.45) is 8.99. The number of aryl methyl sites for hydroxylation is 1. The van der Waals surface area contributed by atoms with Gasteiger partial charge in [-0.2, -0.15) is 9.97 Å². The highest BCUT2D eigenvalue weighted by Gasteiger charge is 2.45. The number of ether oxygens (including phenoxy) is 1. The van der Waals surface area contributed by atoms with Crippen molar-refractivity contribution in [3.05, 3.63) is 53.7 Å². The molecule has 8 rings (SSSR count). The molecule has 0 amide bonds. The summed E-state index contributed by atoms with van der Waals surface area (Å²) in [6, 6.07) is 9.82. The van der Waals surface area contributed by atoms with Crippen LogP contribution < -0.4 is 15.0 Å². The second kappa shape index (κ2) is 10.1. The van der Waals surface area contributed by atoms with Crippen molar-refractivity contribution in [3.8, 4) is 17.3 Å². The van der Waals surface area contributed by atoms with Crippen LogP contribution in [0, 0.1) is 11.6 Å². The van der Waals surface area contributed by atoms with E-state index in [1.54, 1.807) is 12.3 Å². The summed E-state index contributed by atoms with van der Waals surface area (Å²) in [4.78, 5) is 19.1. The predicted octanol–water partition coefficient (Wildman–Crippen LogP) is 5.63. The molecular weight excluding hydrogens is 534 g/mol. The molecular formula is C33H36F2N6O. The lowest BCUT2D eigenvalue weighted by Crippen LogP contribution is -2.51. The maximum absolute atomic E-state index is 16.7. The fourth-order valence-electron chi connectivity index (χ4n) is 8.12. The zero-order valence-corrected chi connectivity index (χ0v) is 24.0. The molecule has 2 aromatic carbocycles. The van der Waals surface area contributed by atoms with E-state index in [0.29, 0.717) is 52.8 Å². The number of aromatic nitrogens is 3. The van der Waals surface area contributed by atoms with E-state index in [1.807, 2.05) is 25.1 Å². The Morgan fingerprint density at radius 1 is 1.02 bits per heavy atom. The molecule has 2 atom stereocenters. The Morgan fingerprint density at radius 2 is 1.81 bits per heavy atom. The lowest BCUT2D eigenvalue weighted by Gasteiger charge is -2.34. The summed E-state index contributed by atoms with van der Waals surface area (Å²) >= 11 is 0. The lowest BCUT2D eigenvalue weighted by molar-refractivity contribution is 0.108. The molecule has 2 bridgehead atoms. The maximum Gasteiger partial charge on any atom is 0.319 e. The number of hydrogen-bond acceptors (Lipinski definition) is 7. The molecule has 0 saturated carbocycles. The van der Waals surface area contributed by atoms with Gasteiger partial charge in [0.2, 0.25) is 0 Å². The van der Waals surface area contributed by atoms with Crippen molar-refractivity contribution in [2.24, 2.45) is 0 Å². The van der Waals surface area contributed by atoms with E-state index in [0.717, 1.165) is 57.2 Å². The van der Waals surface area contributed by atoms with Gasteiger partial charge in [0.1, 0.15) is 29.5 Å². The molecule has 9 heteroatoms. The van der Waals surface area contributed by atoms with Crippen LogP contribution in [-0.4, -0.2) is 70.3 Å². The summed E-state index contributed by atoms with van der Waals surface area (Å²) in [5.41, 5.74) is 1.52. The van der Waals surface area contributed by atoms with Crippen LogP contribution in [0.1, 0.15) is 51.0 Å². The Labute approximate surface area is 244 Å². The van der Waals surface area contributed by atoms with Gasteiger partial charge in [0.05, 0.1) is 10.9 Å². The molecule has 0 unspecified atom stereocenters. The summed E-state index contributed by atoms with van der Waals surface area (Å²) in [5, 5.41) is 5.79. The molecule has 42 heavy (non-hydrogen) atoms. The van der Waals surface area contributed by atoms with Gasteiger partial charge >= 0.3 is 6.01 Å². The van der Waals surface area contributed by atoms with Crippen molar-refractivity contribution in [2.75, 3.05) is 37.7 Å². The van der Waals surface area contributed by atoms with Crippen LogP contribution in [-0.2, 0) is 6.42 Å². The summed E-state index contributed by atoms with van der Waals surface area (Å²) in [5.74, 6) is -0.143. The standard InChI is InChI=1S/C33H36F2N6O/c1-2-23-26(34)11-8-20-6-3-7-24(27(20)23)29-28(35)30-25(16-36-29)31(40-17-21-9-10-22(18-40)37-21)39-32(38-30)42-19-33-12-4-14-41(33)15-5-13-33/h3,6-8,11,16,21-22,37H,2,4-5,9-10,12-15,17-19H2,1H3/t21-,22+. The average molecular weight is 571 g/mol. The van der Waals surface area contributed by atoms with Gasteiger partial charge < -0.3 is 15.0 Å².